The number of hydrogen-bond acceptors (Lipinski definition) is 2. The summed E-state index contributed by atoms with van der Waals surface area (Å²) in [4.78, 5) is 0. The Hall–Kier alpha value is -0.860. The van der Waals surface area contributed by atoms with Crippen molar-refractivity contribution in [3.05, 3.63) is 35.4 Å². The van der Waals surface area contributed by atoms with Crippen molar-refractivity contribution < 1.29 is 5.11 Å². The highest BCUT2D eigenvalue weighted by Gasteiger charge is 2.34. The van der Waals surface area contributed by atoms with Gasteiger partial charge in [-0.05, 0) is 23.6 Å². The van der Waals surface area contributed by atoms with E-state index < -0.39 is 5.60 Å². The van der Waals surface area contributed by atoms with Gasteiger partial charge in [0.15, 0.2) is 0 Å². The van der Waals surface area contributed by atoms with Crippen LogP contribution in [-0.2, 0) is 12.8 Å². The minimum atomic E-state index is -0.571. The van der Waals surface area contributed by atoms with E-state index in [4.69, 9.17) is 0 Å². The third kappa shape index (κ3) is 2.63. The highest BCUT2D eigenvalue weighted by atomic mass is 16.3. The van der Waals surface area contributed by atoms with Crippen LogP contribution in [0.1, 0.15) is 25.0 Å². The molecule has 0 saturated carbocycles. The topological polar surface area (TPSA) is 32.3 Å². The first-order valence-electron chi connectivity index (χ1n) is 6.09. The number of rotatable bonds is 4. The van der Waals surface area contributed by atoms with Gasteiger partial charge >= 0.3 is 0 Å². The van der Waals surface area contributed by atoms with Crippen LogP contribution < -0.4 is 5.32 Å². The Morgan fingerprint density at radius 2 is 1.81 bits per heavy atom. The summed E-state index contributed by atoms with van der Waals surface area (Å²) in [6.45, 7) is 6.03. The van der Waals surface area contributed by atoms with Crippen LogP contribution in [0.15, 0.2) is 24.3 Å². The molecule has 0 aromatic heterocycles. The van der Waals surface area contributed by atoms with E-state index in [0.717, 1.165) is 19.4 Å². The van der Waals surface area contributed by atoms with Crippen LogP contribution >= 0.6 is 0 Å². The van der Waals surface area contributed by atoms with Gasteiger partial charge in [0.1, 0.15) is 0 Å². The maximum atomic E-state index is 10.5. The zero-order chi connectivity index (χ0) is 11.6. The summed E-state index contributed by atoms with van der Waals surface area (Å²) in [7, 11) is 0. The van der Waals surface area contributed by atoms with Crippen molar-refractivity contribution in [2.24, 2.45) is 5.92 Å². The fourth-order valence-electron chi connectivity index (χ4n) is 2.39. The van der Waals surface area contributed by atoms with Crippen LogP contribution in [0.2, 0.25) is 0 Å². The smallest absolute Gasteiger partial charge is 0.0851 e. The maximum absolute atomic E-state index is 10.5. The molecule has 1 aromatic rings. The fraction of sp³-hybridized carbons (Fsp3) is 0.571. The van der Waals surface area contributed by atoms with Crippen LogP contribution in [-0.4, -0.2) is 23.8 Å². The van der Waals surface area contributed by atoms with Gasteiger partial charge in [0.25, 0.3) is 0 Å². The molecule has 88 valence electrons. The van der Waals surface area contributed by atoms with E-state index in [9.17, 15) is 5.11 Å². The third-order valence-electron chi connectivity index (χ3n) is 3.16. The Labute approximate surface area is 97.7 Å². The Kier molecular flexibility index (Phi) is 3.31. The average molecular weight is 219 g/mol. The molecule has 0 fully saturated rings. The molecule has 1 aliphatic carbocycles. The minimum absolute atomic E-state index is 0.571. The molecule has 2 rings (SSSR count). The van der Waals surface area contributed by atoms with Gasteiger partial charge in [-0.3, -0.25) is 0 Å². The molecular formula is C14H21NO. The summed E-state index contributed by atoms with van der Waals surface area (Å²) in [6, 6.07) is 8.34. The third-order valence-corrected chi connectivity index (χ3v) is 3.16. The molecule has 0 saturated heterocycles. The van der Waals surface area contributed by atoms with E-state index in [-0.39, 0.29) is 0 Å². The molecular weight excluding hydrogens is 198 g/mol. The summed E-state index contributed by atoms with van der Waals surface area (Å²) in [5.74, 6) is 0.632. The first-order valence-corrected chi connectivity index (χ1v) is 6.09. The molecule has 1 aliphatic rings. The van der Waals surface area contributed by atoms with E-state index in [1.165, 1.54) is 11.1 Å². The zero-order valence-electron chi connectivity index (χ0n) is 10.2. The summed E-state index contributed by atoms with van der Waals surface area (Å²) in [5.41, 5.74) is 2.03. The molecule has 0 radical (unpaired) electrons. The van der Waals surface area contributed by atoms with E-state index in [1.807, 2.05) is 12.1 Å². The molecule has 0 unspecified atom stereocenters. The predicted molar refractivity (Wildman–Crippen MR) is 66.5 cm³/mol. The van der Waals surface area contributed by atoms with Gasteiger partial charge in [-0.25, -0.2) is 0 Å². The van der Waals surface area contributed by atoms with Gasteiger partial charge in [0.05, 0.1) is 5.60 Å². The number of benzene rings is 1. The number of hydrogen-bond donors (Lipinski definition) is 2. The van der Waals surface area contributed by atoms with Crippen molar-refractivity contribution in [1.29, 1.82) is 0 Å². The zero-order valence-corrected chi connectivity index (χ0v) is 10.2. The average Bonchev–Trinajstić information content (AvgIpc) is 2.53. The van der Waals surface area contributed by atoms with Gasteiger partial charge < -0.3 is 10.4 Å². The highest BCUT2D eigenvalue weighted by molar-refractivity contribution is 5.35. The van der Waals surface area contributed by atoms with Crippen LogP contribution in [0.3, 0.4) is 0 Å². The fourth-order valence-corrected chi connectivity index (χ4v) is 2.39. The van der Waals surface area contributed by atoms with Crippen molar-refractivity contribution >= 4 is 0 Å². The molecule has 0 heterocycles. The first kappa shape index (κ1) is 11.6. The maximum Gasteiger partial charge on any atom is 0.0851 e. The lowest BCUT2D eigenvalue weighted by molar-refractivity contribution is 0.0508. The molecule has 0 bridgehead atoms. The second-order valence-corrected chi connectivity index (χ2v) is 5.37. The lowest BCUT2D eigenvalue weighted by Gasteiger charge is -2.23. The van der Waals surface area contributed by atoms with Gasteiger partial charge in [-0.1, -0.05) is 38.1 Å². The lowest BCUT2D eigenvalue weighted by Crippen LogP contribution is -2.42. The Morgan fingerprint density at radius 3 is 2.31 bits per heavy atom. The van der Waals surface area contributed by atoms with Gasteiger partial charge in [-0.15, -0.1) is 0 Å². The second kappa shape index (κ2) is 4.56. The summed E-state index contributed by atoms with van der Waals surface area (Å²) < 4.78 is 0. The normalized spacial score (nSPS) is 17.8. The van der Waals surface area contributed by atoms with E-state index in [1.54, 1.807) is 0 Å². The van der Waals surface area contributed by atoms with Crippen LogP contribution in [0.5, 0.6) is 0 Å². The predicted octanol–water partition coefficient (Wildman–Crippen LogP) is 1.76. The van der Waals surface area contributed by atoms with Crippen LogP contribution in [0.4, 0.5) is 0 Å². The van der Waals surface area contributed by atoms with Crippen LogP contribution in [0.25, 0.3) is 0 Å². The SMILES string of the molecule is CC(C)CNCC1(O)Cc2ccccc2C1. The second-order valence-electron chi connectivity index (χ2n) is 5.37. The summed E-state index contributed by atoms with van der Waals surface area (Å²) in [5, 5.41) is 13.8. The molecule has 1 aromatic carbocycles. The Balaban J connectivity index is 1.93. The molecule has 0 spiro atoms. The van der Waals surface area contributed by atoms with Crippen molar-refractivity contribution in [3.8, 4) is 0 Å². The monoisotopic (exact) mass is 219 g/mol. The van der Waals surface area contributed by atoms with Gasteiger partial charge in [0, 0.05) is 19.4 Å². The van der Waals surface area contributed by atoms with Crippen molar-refractivity contribution in [2.75, 3.05) is 13.1 Å². The van der Waals surface area contributed by atoms with E-state index in [0.29, 0.717) is 12.5 Å². The lowest BCUT2D eigenvalue weighted by atomic mass is 10.0. The number of fused-ring (bicyclic) bond motifs is 1. The Bertz CT molecular complexity index is 335. The number of aliphatic hydroxyl groups is 1. The van der Waals surface area contributed by atoms with E-state index >= 15 is 0 Å². The molecule has 16 heavy (non-hydrogen) atoms. The van der Waals surface area contributed by atoms with Crippen molar-refractivity contribution in [1.82, 2.24) is 5.32 Å². The summed E-state index contributed by atoms with van der Waals surface area (Å²) in [6.07, 6.45) is 1.57. The van der Waals surface area contributed by atoms with Crippen LogP contribution in [0, 0.1) is 5.92 Å². The quantitative estimate of drug-likeness (QED) is 0.809. The first-order chi connectivity index (χ1) is 7.59. The highest BCUT2D eigenvalue weighted by Crippen LogP contribution is 2.29. The van der Waals surface area contributed by atoms with Crippen molar-refractivity contribution in [3.63, 3.8) is 0 Å². The minimum Gasteiger partial charge on any atom is -0.388 e. The molecule has 0 amide bonds. The summed E-state index contributed by atoms with van der Waals surface area (Å²) >= 11 is 0. The molecule has 2 heteroatoms. The molecule has 2 N–H and O–H groups in total. The largest absolute Gasteiger partial charge is 0.388 e. The molecule has 2 nitrogen and oxygen atoms in total. The Morgan fingerprint density at radius 1 is 1.25 bits per heavy atom. The molecule has 0 aliphatic heterocycles. The van der Waals surface area contributed by atoms with Gasteiger partial charge in [-0.2, -0.15) is 0 Å². The number of nitrogens with one attached hydrogen (secondary N) is 1. The standard InChI is InChI=1S/C14H21NO/c1-11(2)9-15-10-14(16)7-12-5-3-4-6-13(12)8-14/h3-6,11,15-16H,7-10H2,1-2H3. The molecule has 0 atom stereocenters. The van der Waals surface area contributed by atoms with Crippen molar-refractivity contribution in [2.45, 2.75) is 32.3 Å². The van der Waals surface area contributed by atoms with E-state index in [2.05, 4.69) is 31.3 Å². The van der Waals surface area contributed by atoms with Gasteiger partial charge in [0.2, 0.25) is 0 Å².